The maximum Gasteiger partial charge on any atom is 0.338 e. The number of aromatic nitrogens is 2. The van der Waals surface area contributed by atoms with E-state index in [1.165, 1.54) is 0 Å². The maximum absolute atomic E-state index is 12.2. The number of carbonyl (C=O) groups excluding carboxylic acids is 2. The van der Waals surface area contributed by atoms with E-state index in [0.717, 1.165) is 11.1 Å². The number of anilines is 1. The molecule has 1 amide bonds. The monoisotopic (exact) mass is 363 g/mol. The number of benzene rings is 2. The third kappa shape index (κ3) is 4.61. The molecule has 0 saturated heterocycles. The first-order chi connectivity index (χ1) is 13.0. The topological polar surface area (TPSA) is 73.2 Å². The van der Waals surface area contributed by atoms with Crippen LogP contribution in [-0.2, 0) is 9.53 Å². The molecule has 27 heavy (non-hydrogen) atoms. The zero-order valence-electron chi connectivity index (χ0n) is 15.3. The Balaban J connectivity index is 1.56. The van der Waals surface area contributed by atoms with Crippen LogP contribution < -0.4 is 5.32 Å². The summed E-state index contributed by atoms with van der Waals surface area (Å²) in [7, 11) is 0. The fourth-order valence-electron chi connectivity index (χ4n) is 2.65. The molecule has 1 aromatic heterocycles. The van der Waals surface area contributed by atoms with Crippen LogP contribution in [0.15, 0.2) is 66.9 Å². The second-order valence-electron chi connectivity index (χ2n) is 6.32. The summed E-state index contributed by atoms with van der Waals surface area (Å²) in [5.41, 5.74) is 2.47. The van der Waals surface area contributed by atoms with Crippen molar-refractivity contribution in [1.29, 1.82) is 0 Å². The number of rotatable bonds is 6. The molecule has 0 aliphatic carbocycles. The molecular formula is C21H21N3O3. The quantitative estimate of drug-likeness (QED) is 0.674. The van der Waals surface area contributed by atoms with Gasteiger partial charge in [-0.15, -0.1) is 0 Å². The van der Waals surface area contributed by atoms with Crippen molar-refractivity contribution in [3.63, 3.8) is 0 Å². The van der Waals surface area contributed by atoms with Gasteiger partial charge in [-0.25, -0.2) is 9.48 Å². The molecule has 3 rings (SSSR count). The Kier molecular flexibility index (Phi) is 5.66. The highest BCUT2D eigenvalue weighted by Gasteiger charge is 2.13. The molecule has 138 valence electrons. The van der Waals surface area contributed by atoms with Gasteiger partial charge in [0.1, 0.15) is 5.82 Å². The first-order valence-corrected chi connectivity index (χ1v) is 8.70. The van der Waals surface area contributed by atoms with E-state index in [1.54, 1.807) is 29.1 Å². The summed E-state index contributed by atoms with van der Waals surface area (Å²) in [6.07, 6.45) is 1.61. The van der Waals surface area contributed by atoms with Crippen molar-refractivity contribution in [2.45, 2.75) is 19.9 Å². The third-order valence-corrected chi connectivity index (χ3v) is 3.99. The average Bonchev–Trinajstić information content (AvgIpc) is 3.15. The minimum absolute atomic E-state index is 0.112. The molecule has 0 bridgehead atoms. The Hall–Kier alpha value is -3.41. The number of ether oxygens (including phenoxy) is 1. The van der Waals surface area contributed by atoms with Crippen molar-refractivity contribution in [3.05, 3.63) is 72.4 Å². The molecule has 0 aliphatic rings. The summed E-state index contributed by atoms with van der Waals surface area (Å²) < 4.78 is 6.79. The Bertz CT molecular complexity index is 915. The minimum atomic E-state index is -0.540. The van der Waals surface area contributed by atoms with Crippen molar-refractivity contribution in [2.75, 3.05) is 11.9 Å². The number of nitrogens with one attached hydrogen (secondary N) is 1. The van der Waals surface area contributed by atoms with Crippen LogP contribution in [0.25, 0.3) is 11.1 Å². The van der Waals surface area contributed by atoms with Crippen molar-refractivity contribution in [2.24, 2.45) is 0 Å². The molecule has 0 spiro atoms. The molecule has 6 heteroatoms. The molecule has 0 atom stereocenters. The van der Waals surface area contributed by atoms with Crippen molar-refractivity contribution in [3.8, 4) is 11.1 Å². The van der Waals surface area contributed by atoms with Gasteiger partial charge in [0.25, 0.3) is 5.91 Å². The number of carbonyl (C=O) groups is 2. The molecule has 0 radical (unpaired) electrons. The second kappa shape index (κ2) is 8.31. The summed E-state index contributed by atoms with van der Waals surface area (Å²) in [5, 5.41) is 6.83. The van der Waals surface area contributed by atoms with Crippen LogP contribution >= 0.6 is 0 Å². The lowest BCUT2D eigenvalue weighted by atomic mass is 10.0. The van der Waals surface area contributed by atoms with Gasteiger partial charge in [0.2, 0.25) is 0 Å². The van der Waals surface area contributed by atoms with Crippen LogP contribution in [0.2, 0.25) is 0 Å². The van der Waals surface area contributed by atoms with Gasteiger partial charge in [0.15, 0.2) is 6.61 Å². The Morgan fingerprint density at radius 1 is 1.00 bits per heavy atom. The van der Waals surface area contributed by atoms with E-state index in [9.17, 15) is 9.59 Å². The summed E-state index contributed by atoms with van der Waals surface area (Å²) in [4.78, 5) is 24.2. The highest BCUT2D eigenvalue weighted by molar-refractivity contribution is 5.95. The third-order valence-electron chi connectivity index (χ3n) is 3.99. The van der Waals surface area contributed by atoms with Crippen molar-refractivity contribution < 1.29 is 14.3 Å². The Labute approximate surface area is 157 Å². The molecule has 1 heterocycles. The zero-order valence-corrected chi connectivity index (χ0v) is 15.3. The van der Waals surface area contributed by atoms with Gasteiger partial charge in [-0.3, -0.25) is 4.79 Å². The van der Waals surface area contributed by atoms with Crippen molar-refractivity contribution in [1.82, 2.24) is 9.78 Å². The average molecular weight is 363 g/mol. The number of hydrogen-bond acceptors (Lipinski definition) is 4. The standard InChI is InChI=1S/C21H21N3O3/c1-15(2)24-19(12-13-22-24)23-20(25)14-27-21(26)18-10-8-17(9-11-18)16-6-4-3-5-7-16/h3-13,15H,14H2,1-2H3,(H,23,25). The second-order valence-corrected chi connectivity index (χ2v) is 6.32. The van der Waals surface area contributed by atoms with Crippen LogP contribution in [0.5, 0.6) is 0 Å². The minimum Gasteiger partial charge on any atom is -0.452 e. The largest absolute Gasteiger partial charge is 0.452 e. The maximum atomic E-state index is 12.2. The molecule has 3 aromatic rings. The number of esters is 1. The van der Waals surface area contributed by atoms with E-state index in [4.69, 9.17) is 4.74 Å². The Morgan fingerprint density at radius 3 is 2.33 bits per heavy atom. The Morgan fingerprint density at radius 2 is 1.67 bits per heavy atom. The number of amides is 1. The first-order valence-electron chi connectivity index (χ1n) is 8.70. The lowest BCUT2D eigenvalue weighted by Crippen LogP contribution is -2.23. The molecule has 1 N–H and O–H groups in total. The molecule has 0 aliphatic heterocycles. The molecule has 0 unspecified atom stereocenters. The van der Waals surface area contributed by atoms with E-state index < -0.39 is 11.9 Å². The molecule has 2 aromatic carbocycles. The van der Waals surface area contributed by atoms with Crippen LogP contribution in [-0.4, -0.2) is 28.3 Å². The van der Waals surface area contributed by atoms with Gasteiger partial charge in [0.05, 0.1) is 11.8 Å². The van der Waals surface area contributed by atoms with Gasteiger partial charge in [-0.1, -0.05) is 42.5 Å². The van der Waals surface area contributed by atoms with Gasteiger partial charge in [-0.2, -0.15) is 5.10 Å². The molecule has 0 saturated carbocycles. The van der Waals surface area contributed by atoms with E-state index >= 15 is 0 Å². The molecule has 6 nitrogen and oxygen atoms in total. The first kappa shape index (κ1) is 18.4. The number of hydrogen-bond donors (Lipinski definition) is 1. The fraction of sp³-hybridized carbons (Fsp3) is 0.190. The summed E-state index contributed by atoms with van der Waals surface area (Å²) >= 11 is 0. The van der Waals surface area contributed by atoms with Crippen LogP contribution in [0, 0.1) is 0 Å². The van der Waals surface area contributed by atoms with Crippen LogP contribution in [0.4, 0.5) is 5.82 Å². The van der Waals surface area contributed by atoms with E-state index in [-0.39, 0.29) is 12.6 Å². The van der Waals surface area contributed by atoms with Crippen LogP contribution in [0.3, 0.4) is 0 Å². The smallest absolute Gasteiger partial charge is 0.338 e. The summed E-state index contributed by atoms with van der Waals surface area (Å²) in [5.74, 6) is -0.382. The van der Waals surface area contributed by atoms with Crippen LogP contribution in [0.1, 0.15) is 30.2 Å². The normalized spacial score (nSPS) is 10.6. The van der Waals surface area contributed by atoms with E-state index in [1.807, 2.05) is 56.3 Å². The zero-order chi connectivity index (χ0) is 19.2. The lowest BCUT2D eigenvalue weighted by molar-refractivity contribution is -0.119. The van der Waals surface area contributed by atoms with E-state index in [2.05, 4.69) is 10.4 Å². The van der Waals surface area contributed by atoms with Gasteiger partial charge >= 0.3 is 5.97 Å². The lowest BCUT2D eigenvalue weighted by Gasteiger charge is -2.12. The highest BCUT2D eigenvalue weighted by Crippen LogP contribution is 2.19. The molecule has 0 fully saturated rings. The van der Waals surface area contributed by atoms with Gasteiger partial charge in [0, 0.05) is 12.1 Å². The van der Waals surface area contributed by atoms with Gasteiger partial charge < -0.3 is 10.1 Å². The van der Waals surface area contributed by atoms with Gasteiger partial charge in [-0.05, 0) is 37.1 Å². The highest BCUT2D eigenvalue weighted by atomic mass is 16.5. The SMILES string of the molecule is CC(C)n1nccc1NC(=O)COC(=O)c1ccc(-c2ccccc2)cc1. The van der Waals surface area contributed by atoms with Crippen molar-refractivity contribution >= 4 is 17.7 Å². The predicted octanol–water partition coefficient (Wildman–Crippen LogP) is 3.93. The predicted molar refractivity (Wildman–Crippen MR) is 103 cm³/mol. The summed E-state index contributed by atoms with van der Waals surface area (Å²) in [6.45, 7) is 3.56. The fourth-order valence-corrected chi connectivity index (χ4v) is 2.65. The van der Waals surface area contributed by atoms with E-state index in [0.29, 0.717) is 11.4 Å². The number of nitrogens with zero attached hydrogens (tertiary/aromatic N) is 2. The summed E-state index contributed by atoms with van der Waals surface area (Å²) in [6, 6.07) is 18.8. The molecular weight excluding hydrogens is 342 g/mol.